The second-order valence-corrected chi connectivity index (χ2v) is 1.95. The molecule has 0 aliphatic heterocycles. The minimum atomic E-state index is -1.32. The molecule has 0 amide bonds. The topological polar surface area (TPSA) is 29.5 Å². The summed E-state index contributed by atoms with van der Waals surface area (Å²) in [6.07, 6.45) is 4.95. The van der Waals surface area contributed by atoms with Crippen LogP contribution in [-0.4, -0.2) is 24.4 Å². The fourth-order valence-corrected chi connectivity index (χ4v) is 0.316. The van der Waals surface area contributed by atoms with Crippen LogP contribution in [0.25, 0.3) is 0 Å². The molecule has 0 aromatic rings. The van der Waals surface area contributed by atoms with Gasteiger partial charge in [0.1, 0.15) is 6.61 Å². The number of terminal acetylenes is 1. The van der Waals surface area contributed by atoms with Gasteiger partial charge in [0.2, 0.25) is 0 Å². The molecule has 0 spiro atoms. The Hall–Kier alpha value is -0.960. The summed E-state index contributed by atoms with van der Waals surface area (Å²) in [7, 11) is 1.53. The van der Waals surface area contributed by atoms with Crippen molar-refractivity contribution in [2.24, 2.45) is 0 Å². The molecule has 0 heterocycles. The van der Waals surface area contributed by atoms with Crippen molar-refractivity contribution in [3.05, 3.63) is 0 Å². The first-order valence-electron chi connectivity index (χ1n) is 2.81. The van der Waals surface area contributed by atoms with Crippen molar-refractivity contribution in [2.45, 2.75) is 12.5 Å². The number of hydrogen-bond donors (Lipinski definition) is 1. The molecule has 54 valence electrons. The summed E-state index contributed by atoms with van der Waals surface area (Å²) in [6.45, 7) is 1.74. The van der Waals surface area contributed by atoms with E-state index in [1.54, 1.807) is 0 Å². The van der Waals surface area contributed by atoms with Gasteiger partial charge in [-0.2, -0.15) is 0 Å². The zero-order valence-electron chi connectivity index (χ0n) is 6.14. The van der Waals surface area contributed by atoms with Crippen LogP contribution >= 0.6 is 0 Å². The Bertz CT molecular complexity index is 188. The predicted octanol–water partition coefficient (Wildman–Crippen LogP) is 0.0204. The van der Waals surface area contributed by atoms with E-state index in [0.717, 1.165) is 0 Å². The molecule has 0 saturated heterocycles. The Morgan fingerprint density at radius 1 is 1.70 bits per heavy atom. The first kappa shape index (κ1) is 9.04. The molecule has 1 unspecified atom stereocenters. The van der Waals surface area contributed by atoms with Crippen LogP contribution in [0.1, 0.15) is 6.92 Å². The summed E-state index contributed by atoms with van der Waals surface area (Å²) in [6, 6.07) is 0. The van der Waals surface area contributed by atoms with Crippen LogP contribution in [0.4, 0.5) is 0 Å². The molecule has 0 aromatic carbocycles. The molecule has 10 heavy (non-hydrogen) atoms. The van der Waals surface area contributed by atoms with Gasteiger partial charge >= 0.3 is 0 Å². The maximum Gasteiger partial charge on any atom is 0.184 e. The molecule has 2 nitrogen and oxygen atoms in total. The van der Waals surface area contributed by atoms with Gasteiger partial charge in [-0.05, 0) is 6.92 Å². The Morgan fingerprint density at radius 2 is 2.30 bits per heavy atom. The highest BCUT2D eigenvalue weighted by atomic mass is 16.5. The predicted molar refractivity (Wildman–Crippen MR) is 39.1 cm³/mol. The van der Waals surface area contributed by atoms with Gasteiger partial charge in [0.05, 0.1) is 0 Å². The molecule has 0 saturated carbocycles. The van der Waals surface area contributed by atoms with Gasteiger partial charge in [-0.3, -0.25) is 0 Å². The maximum atomic E-state index is 9.08. The molecule has 0 bridgehead atoms. The lowest BCUT2D eigenvalue weighted by atomic mass is 10.1. The van der Waals surface area contributed by atoms with Crippen molar-refractivity contribution in [1.82, 2.24) is 0 Å². The van der Waals surface area contributed by atoms with E-state index in [2.05, 4.69) is 22.5 Å². The lowest BCUT2D eigenvalue weighted by molar-refractivity contribution is 0.183. The third kappa shape index (κ3) is 3.97. The third-order valence-electron chi connectivity index (χ3n) is 0.829. The molecule has 0 aliphatic rings. The highest BCUT2D eigenvalue weighted by Crippen LogP contribution is 1.95. The number of hydrogen-bond acceptors (Lipinski definition) is 2. The number of methoxy groups -OCH3 is 1. The summed E-state index contributed by atoms with van der Waals surface area (Å²) in [4.78, 5) is 0. The molecule has 2 heteroatoms. The smallest absolute Gasteiger partial charge is 0.184 e. The minimum absolute atomic E-state index is 0.290. The second-order valence-electron chi connectivity index (χ2n) is 1.95. The molecule has 0 rings (SSSR count). The maximum absolute atomic E-state index is 9.08. The lowest BCUT2D eigenvalue weighted by Crippen LogP contribution is -2.17. The fourth-order valence-electron chi connectivity index (χ4n) is 0.316. The van der Waals surface area contributed by atoms with Crippen LogP contribution in [0.15, 0.2) is 0 Å². The molecule has 0 aromatic heterocycles. The minimum Gasteiger partial charge on any atom is -0.372 e. The van der Waals surface area contributed by atoms with Crippen LogP contribution in [0.3, 0.4) is 0 Å². The summed E-state index contributed by atoms with van der Waals surface area (Å²) >= 11 is 0. The average molecular weight is 138 g/mol. The fraction of sp³-hybridized carbons (Fsp3) is 0.500. The molecular weight excluding hydrogens is 128 g/mol. The van der Waals surface area contributed by atoms with Crippen molar-refractivity contribution < 1.29 is 9.84 Å². The Labute approximate surface area is 61.2 Å². The van der Waals surface area contributed by atoms with Gasteiger partial charge in [0.25, 0.3) is 0 Å². The largest absolute Gasteiger partial charge is 0.372 e. The Morgan fingerprint density at radius 3 is 2.70 bits per heavy atom. The summed E-state index contributed by atoms with van der Waals surface area (Å²) in [5.41, 5.74) is -1.32. The summed E-state index contributed by atoms with van der Waals surface area (Å²) in [5.74, 6) is 7.14. The molecule has 0 radical (unpaired) electrons. The number of ether oxygens (including phenoxy) is 1. The van der Waals surface area contributed by atoms with Crippen molar-refractivity contribution >= 4 is 0 Å². The SMILES string of the molecule is C#CC(C)(O)C#CCOC. The monoisotopic (exact) mass is 138 g/mol. The zero-order chi connectivity index (χ0) is 8.04. The van der Waals surface area contributed by atoms with Crippen molar-refractivity contribution in [1.29, 1.82) is 0 Å². The first-order chi connectivity index (χ1) is 4.62. The third-order valence-corrected chi connectivity index (χ3v) is 0.829. The van der Waals surface area contributed by atoms with Gasteiger partial charge in [-0.25, -0.2) is 0 Å². The molecule has 0 fully saturated rings. The Balaban J connectivity index is 3.93. The van der Waals surface area contributed by atoms with Crippen LogP contribution in [0.2, 0.25) is 0 Å². The number of aliphatic hydroxyl groups is 1. The van der Waals surface area contributed by atoms with E-state index >= 15 is 0 Å². The standard InChI is InChI=1S/C8H10O2/c1-4-8(2,9)6-5-7-10-3/h1,9H,7H2,2-3H3. The van der Waals surface area contributed by atoms with Crippen molar-refractivity contribution in [3.8, 4) is 24.2 Å². The van der Waals surface area contributed by atoms with Gasteiger partial charge in [0, 0.05) is 7.11 Å². The second kappa shape index (κ2) is 3.95. The zero-order valence-corrected chi connectivity index (χ0v) is 6.14. The molecule has 1 atom stereocenters. The van der Waals surface area contributed by atoms with Gasteiger partial charge in [-0.15, -0.1) is 6.42 Å². The van der Waals surface area contributed by atoms with Crippen LogP contribution in [0.5, 0.6) is 0 Å². The van der Waals surface area contributed by atoms with Crippen LogP contribution in [-0.2, 0) is 4.74 Å². The van der Waals surface area contributed by atoms with E-state index in [1.165, 1.54) is 14.0 Å². The normalized spacial score (nSPS) is 14.2. The van der Waals surface area contributed by atoms with Crippen molar-refractivity contribution in [3.63, 3.8) is 0 Å². The first-order valence-corrected chi connectivity index (χ1v) is 2.81. The van der Waals surface area contributed by atoms with E-state index in [0.29, 0.717) is 0 Å². The Kier molecular flexibility index (Phi) is 3.57. The van der Waals surface area contributed by atoms with E-state index < -0.39 is 5.60 Å². The van der Waals surface area contributed by atoms with Crippen LogP contribution < -0.4 is 0 Å². The van der Waals surface area contributed by atoms with Gasteiger partial charge in [-0.1, -0.05) is 17.8 Å². The highest BCUT2D eigenvalue weighted by Gasteiger charge is 2.09. The van der Waals surface area contributed by atoms with Crippen molar-refractivity contribution in [2.75, 3.05) is 13.7 Å². The molecule has 0 aliphatic carbocycles. The lowest BCUT2D eigenvalue weighted by Gasteiger charge is -2.04. The van der Waals surface area contributed by atoms with E-state index in [1.807, 2.05) is 0 Å². The van der Waals surface area contributed by atoms with Gasteiger partial charge < -0.3 is 9.84 Å². The van der Waals surface area contributed by atoms with Gasteiger partial charge in [0.15, 0.2) is 5.60 Å². The summed E-state index contributed by atoms with van der Waals surface area (Å²) in [5, 5.41) is 9.08. The van der Waals surface area contributed by atoms with E-state index in [9.17, 15) is 0 Å². The van der Waals surface area contributed by atoms with Crippen LogP contribution in [0, 0.1) is 24.2 Å². The van der Waals surface area contributed by atoms with E-state index in [4.69, 9.17) is 11.5 Å². The highest BCUT2D eigenvalue weighted by molar-refractivity contribution is 5.25. The molecule has 1 N–H and O–H groups in total. The average Bonchev–Trinajstić information content (AvgIpc) is 1.89. The number of rotatable bonds is 1. The molecular formula is C8H10O2. The summed E-state index contributed by atoms with van der Waals surface area (Å²) < 4.78 is 4.63. The van der Waals surface area contributed by atoms with E-state index in [-0.39, 0.29) is 6.61 Å². The quantitative estimate of drug-likeness (QED) is 0.518.